The third kappa shape index (κ3) is 2.53. The summed E-state index contributed by atoms with van der Waals surface area (Å²) in [6, 6.07) is 6.21. The van der Waals surface area contributed by atoms with Gasteiger partial charge in [0, 0.05) is 16.1 Å². The molecule has 0 spiro atoms. The fourth-order valence-electron chi connectivity index (χ4n) is 2.13. The lowest BCUT2D eigenvalue weighted by Crippen LogP contribution is -2.21. The number of benzene rings is 2. The number of halogens is 4. The predicted molar refractivity (Wildman–Crippen MR) is 73.4 cm³/mol. The first-order valence-corrected chi connectivity index (χ1v) is 6.40. The minimum absolute atomic E-state index is 0.0163. The van der Waals surface area contributed by atoms with Gasteiger partial charge in [-0.05, 0) is 31.7 Å². The van der Waals surface area contributed by atoms with Crippen molar-refractivity contribution in [3.05, 3.63) is 69.5 Å². The topological polar surface area (TPSA) is 12.0 Å². The van der Waals surface area contributed by atoms with Crippen LogP contribution in [0, 0.1) is 24.4 Å². The van der Waals surface area contributed by atoms with Gasteiger partial charge < -0.3 is 5.32 Å². The van der Waals surface area contributed by atoms with E-state index in [0.29, 0.717) is 0 Å². The molecule has 1 nitrogen and oxygen atoms in total. The Kier molecular flexibility index (Phi) is 4.35. The Bertz CT molecular complexity index is 623. The van der Waals surface area contributed by atoms with Gasteiger partial charge in [0.15, 0.2) is 11.6 Å². The van der Waals surface area contributed by atoms with Crippen LogP contribution in [-0.4, -0.2) is 7.05 Å². The molecule has 1 N–H and O–H groups in total. The second-order valence-electron chi connectivity index (χ2n) is 4.46. The largest absolute Gasteiger partial charge is 0.309 e. The van der Waals surface area contributed by atoms with E-state index in [9.17, 15) is 13.2 Å². The van der Waals surface area contributed by atoms with Crippen LogP contribution in [0.5, 0.6) is 0 Å². The second kappa shape index (κ2) is 5.85. The molecule has 5 heteroatoms. The monoisotopic (exact) mass is 299 g/mol. The van der Waals surface area contributed by atoms with E-state index in [2.05, 4.69) is 5.32 Å². The third-order valence-corrected chi connectivity index (χ3v) is 3.52. The summed E-state index contributed by atoms with van der Waals surface area (Å²) in [6.45, 7) is 1.46. The molecule has 0 aliphatic carbocycles. The molecule has 0 bridgehead atoms. The van der Waals surface area contributed by atoms with Crippen molar-refractivity contribution >= 4 is 11.6 Å². The van der Waals surface area contributed by atoms with E-state index >= 15 is 0 Å². The predicted octanol–water partition coefficient (Wildman–Crippen LogP) is 4.37. The average Bonchev–Trinajstić information content (AvgIpc) is 2.42. The van der Waals surface area contributed by atoms with Gasteiger partial charge in [-0.3, -0.25) is 0 Å². The highest BCUT2D eigenvalue weighted by Crippen LogP contribution is 2.32. The molecule has 0 radical (unpaired) electrons. The van der Waals surface area contributed by atoms with Gasteiger partial charge in [-0.15, -0.1) is 0 Å². The van der Waals surface area contributed by atoms with Crippen molar-refractivity contribution in [2.24, 2.45) is 0 Å². The molecule has 2 aromatic rings. The molecule has 0 saturated carbocycles. The van der Waals surface area contributed by atoms with Crippen LogP contribution >= 0.6 is 11.6 Å². The van der Waals surface area contributed by atoms with Crippen LogP contribution in [0.25, 0.3) is 0 Å². The van der Waals surface area contributed by atoms with E-state index in [-0.39, 0.29) is 21.7 Å². The SMILES string of the molecule is CNC(c1ccc(C)c(F)c1F)c1c(F)cccc1Cl. The van der Waals surface area contributed by atoms with Crippen molar-refractivity contribution in [2.75, 3.05) is 7.05 Å². The number of rotatable bonds is 3. The molecule has 0 amide bonds. The lowest BCUT2D eigenvalue weighted by molar-refractivity contribution is 0.478. The van der Waals surface area contributed by atoms with Gasteiger partial charge in [0.2, 0.25) is 0 Å². The van der Waals surface area contributed by atoms with Crippen LogP contribution < -0.4 is 5.32 Å². The Morgan fingerprint density at radius 3 is 2.35 bits per heavy atom. The summed E-state index contributed by atoms with van der Waals surface area (Å²) in [5.74, 6) is -2.50. The van der Waals surface area contributed by atoms with E-state index < -0.39 is 23.5 Å². The number of hydrogen-bond acceptors (Lipinski definition) is 1. The van der Waals surface area contributed by atoms with Crippen molar-refractivity contribution < 1.29 is 13.2 Å². The maximum Gasteiger partial charge on any atom is 0.164 e. The summed E-state index contributed by atoms with van der Waals surface area (Å²) in [6.07, 6.45) is 0. The molecule has 2 aromatic carbocycles. The molecule has 20 heavy (non-hydrogen) atoms. The molecule has 106 valence electrons. The minimum atomic E-state index is -0.997. The maximum absolute atomic E-state index is 14.1. The zero-order valence-electron chi connectivity index (χ0n) is 11.0. The number of nitrogens with one attached hydrogen (secondary N) is 1. The van der Waals surface area contributed by atoms with Crippen LogP contribution in [0.1, 0.15) is 22.7 Å². The summed E-state index contributed by atoms with van der Waals surface area (Å²) in [7, 11) is 1.53. The highest BCUT2D eigenvalue weighted by molar-refractivity contribution is 6.31. The lowest BCUT2D eigenvalue weighted by atomic mass is 9.96. The van der Waals surface area contributed by atoms with Crippen LogP contribution in [-0.2, 0) is 0 Å². The molecule has 0 saturated heterocycles. The Morgan fingerprint density at radius 2 is 1.75 bits per heavy atom. The van der Waals surface area contributed by atoms with Crippen LogP contribution in [0.3, 0.4) is 0 Å². The second-order valence-corrected chi connectivity index (χ2v) is 4.86. The highest BCUT2D eigenvalue weighted by Gasteiger charge is 2.24. The molecule has 1 unspecified atom stereocenters. The van der Waals surface area contributed by atoms with Crippen LogP contribution in [0.4, 0.5) is 13.2 Å². The normalized spacial score (nSPS) is 12.5. The van der Waals surface area contributed by atoms with Gasteiger partial charge >= 0.3 is 0 Å². The Morgan fingerprint density at radius 1 is 1.05 bits per heavy atom. The summed E-state index contributed by atoms with van der Waals surface area (Å²) in [5, 5.41) is 2.93. The van der Waals surface area contributed by atoms with Gasteiger partial charge in [-0.1, -0.05) is 29.8 Å². The van der Waals surface area contributed by atoms with E-state index in [1.165, 1.54) is 44.3 Å². The molecule has 0 heterocycles. The first-order valence-electron chi connectivity index (χ1n) is 6.03. The summed E-state index contributed by atoms with van der Waals surface area (Å²) in [5.41, 5.74) is 0.308. The van der Waals surface area contributed by atoms with Gasteiger partial charge in [-0.2, -0.15) is 0 Å². The molecular weight excluding hydrogens is 287 g/mol. The lowest BCUT2D eigenvalue weighted by Gasteiger charge is -2.20. The molecule has 0 fully saturated rings. The van der Waals surface area contributed by atoms with Crippen LogP contribution in [0.2, 0.25) is 5.02 Å². The molecule has 0 aliphatic rings. The van der Waals surface area contributed by atoms with E-state index in [1.807, 2.05) is 0 Å². The summed E-state index contributed by atoms with van der Waals surface area (Å²) < 4.78 is 41.7. The Balaban J connectivity index is 2.62. The zero-order chi connectivity index (χ0) is 14.9. The van der Waals surface area contributed by atoms with Gasteiger partial charge in [-0.25, -0.2) is 13.2 Å². The quantitative estimate of drug-likeness (QED) is 0.887. The summed E-state index contributed by atoms with van der Waals surface area (Å²) >= 11 is 5.98. The standard InChI is InChI=1S/C15H13ClF3N/c1-8-6-7-9(14(19)13(8)18)15(20-2)12-10(16)4-3-5-11(12)17/h3-7,15,20H,1-2H3. The van der Waals surface area contributed by atoms with E-state index in [0.717, 1.165) is 0 Å². The van der Waals surface area contributed by atoms with Gasteiger partial charge in [0.25, 0.3) is 0 Å². The fraction of sp³-hybridized carbons (Fsp3) is 0.200. The van der Waals surface area contributed by atoms with E-state index in [4.69, 9.17) is 11.6 Å². The molecule has 1 atom stereocenters. The minimum Gasteiger partial charge on any atom is -0.309 e. The summed E-state index contributed by atoms with van der Waals surface area (Å²) in [4.78, 5) is 0. The number of hydrogen-bond donors (Lipinski definition) is 1. The van der Waals surface area contributed by atoms with Crippen molar-refractivity contribution in [2.45, 2.75) is 13.0 Å². The average molecular weight is 300 g/mol. The molecule has 2 rings (SSSR count). The molecular formula is C15H13ClF3N. The molecule has 0 aromatic heterocycles. The third-order valence-electron chi connectivity index (χ3n) is 3.19. The van der Waals surface area contributed by atoms with Crippen molar-refractivity contribution in [1.82, 2.24) is 5.32 Å². The smallest absolute Gasteiger partial charge is 0.164 e. The molecule has 0 aliphatic heterocycles. The van der Waals surface area contributed by atoms with Crippen molar-refractivity contribution in [1.29, 1.82) is 0 Å². The first kappa shape index (κ1) is 14.9. The van der Waals surface area contributed by atoms with E-state index in [1.54, 1.807) is 0 Å². The zero-order valence-corrected chi connectivity index (χ0v) is 11.7. The van der Waals surface area contributed by atoms with Crippen LogP contribution in [0.15, 0.2) is 30.3 Å². The highest BCUT2D eigenvalue weighted by atomic mass is 35.5. The van der Waals surface area contributed by atoms with Crippen molar-refractivity contribution in [3.8, 4) is 0 Å². The van der Waals surface area contributed by atoms with Gasteiger partial charge in [0.05, 0.1) is 6.04 Å². The number of aryl methyl sites for hydroxylation is 1. The van der Waals surface area contributed by atoms with Crippen molar-refractivity contribution in [3.63, 3.8) is 0 Å². The maximum atomic E-state index is 14.1. The van der Waals surface area contributed by atoms with Gasteiger partial charge in [0.1, 0.15) is 5.82 Å². The fourth-order valence-corrected chi connectivity index (χ4v) is 2.40. The Labute approximate surface area is 120 Å². The first-order chi connectivity index (χ1) is 9.47. The Hall–Kier alpha value is -1.52.